The van der Waals surface area contributed by atoms with Crippen molar-refractivity contribution in [2.24, 2.45) is 0 Å². The molecule has 0 saturated heterocycles. The largest absolute Gasteiger partial charge is 0.349 e. The quantitative estimate of drug-likeness (QED) is 0.408. The SMILES string of the molecule is O=C(CNC(C(=O)Nc1ccccc1)c1ccccc1)Nc1cccc(C(=O)NC2CC2)c1. The Morgan fingerprint density at radius 2 is 1.45 bits per heavy atom. The smallest absolute Gasteiger partial charge is 0.251 e. The van der Waals surface area contributed by atoms with Gasteiger partial charge in [-0.1, -0.05) is 54.6 Å². The minimum atomic E-state index is -0.715. The summed E-state index contributed by atoms with van der Waals surface area (Å²) in [7, 11) is 0. The maximum Gasteiger partial charge on any atom is 0.251 e. The second-order valence-electron chi connectivity index (χ2n) is 7.96. The Labute approximate surface area is 192 Å². The number of benzene rings is 3. The zero-order valence-electron chi connectivity index (χ0n) is 18.1. The third kappa shape index (κ3) is 6.51. The molecule has 1 saturated carbocycles. The fourth-order valence-corrected chi connectivity index (χ4v) is 3.38. The summed E-state index contributed by atoms with van der Waals surface area (Å²) in [5, 5.41) is 11.6. The first-order valence-corrected chi connectivity index (χ1v) is 10.9. The van der Waals surface area contributed by atoms with Crippen molar-refractivity contribution in [3.8, 4) is 0 Å². The first-order chi connectivity index (χ1) is 16.1. The zero-order valence-corrected chi connectivity index (χ0v) is 18.1. The third-order valence-corrected chi connectivity index (χ3v) is 5.22. The van der Waals surface area contributed by atoms with Crippen LogP contribution in [-0.4, -0.2) is 30.3 Å². The van der Waals surface area contributed by atoms with Crippen LogP contribution in [0, 0.1) is 0 Å². The van der Waals surface area contributed by atoms with E-state index in [1.807, 2.05) is 48.5 Å². The van der Waals surface area contributed by atoms with Gasteiger partial charge in [-0.2, -0.15) is 0 Å². The van der Waals surface area contributed by atoms with Crippen molar-refractivity contribution in [2.45, 2.75) is 24.9 Å². The van der Waals surface area contributed by atoms with Gasteiger partial charge in [-0.05, 0) is 48.7 Å². The van der Waals surface area contributed by atoms with Crippen molar-refractivity contribution >= 4 is 29.1 Å². The number of nitrogens with one attached hydrogen (secondary N) is 4. The summed E-state index contributed by atoms with van der Waals surface area (Å²) in [6.07, 6.45) is 2.02. The van der Waals surface area contributed by atoms with E-state index in [-0.39, 0.29) is 30.3 Å². The molecule has 1 aliphatic carbocycles. The van der Waals surface area contributed by atoms with Gasteiger partial charge in [0, 0.05) is 23.0 Å². The average molecular weight is 443 g/mol. The summed E-state index contributed by atoms with van der Waals surface area (Å²) in [5.41, 5.74) is 2.45. The predicted molar refractivity (Wildman–Crippen MR) is 128 cm³/mol. The summed E-state index contributed by atoms with van der Waals surface area (Å²) in [6.45, 7) is -0.0831. The normalized spacial score (nSPS) is 13.6. The van der Waals surface area contributed by atoms with Gasteiger partial charge in [0.15, 0.2) is 0 Å². The summed E-state index contributed by atoms with van der Waals surface area (Å²) >= 11 is 0. The standard InChI is InChI=1S/C26H26N4O3/c31-23(28-22-13-7-10-19(16-22)25(32)29-21-14-15-21)17-27-24(18-8-3-1-4-9-18)26(33)30-20-11-5-2-6-12-20/h1-13,16,21,24,27H,14-15,17H2,(H,28,31)(H,29,32)(H,30,33). The van der Waals surface area contributed by atoms with Crippen LogP contribution >= 0.6 is 0 Å². The number of amides is 3. The van der Waals surface area contributed by atoms with E-state index in [0.29, 0.717) is 16.9 Å². The first kappa shape index (κ1) is 22.2. The molecule has 4 rings (SSSR count). The molecule has 3 aromatic carbocycles. The maximum atomic E-state index is 12.9. The van der Waals surface area contributed by atoms with Crippen molar-refractivity contribution in [1.29, 1.82) is 0 Å². The molecule has 1 atom stereocenters. The Kier molecular flexibility index (Phi) is 7.12. The van der Waals surface area contributed by atoms with Crippen LogP contribution in [0.25, 0.3) is 0 Å². The number of carbonyl (C=O) groups excluding carboxylic acids is 3. The predicted octanol–water partition coefficient (Wildman–Crippen LogP) is 3.49. The van der Waals surface area contributed by atoms with Crippen LogP contribution in [-0.2, 0) is 9.59 Å². The van der Waals surface area contributed by atoms with E-state index in [1.54, 1.807) is 36.4 Å². The fraction of sp³-hybridized carbons (Fsp3) is 0.192. The van der Waals surface area contributed by atoms with Gasteiger partial charge in [0.25, 0.3) is 5.91 Å². The molecule has 7 heteroatoms. The highest BCUT2D eigenvalue weighted by Crippen LogP contribution is 2.20. The summed E-state index contributed by atoms with van der Waals surface area (Å²) < 4.78 is 0. The van der Waals surface area contributed by atoms with Gasteiger partial charge in [-0.3, -0.25) is 19.7 Å². The second-order valence-corrected chi connectivity index (χ2v) is 7.96. The number of anilines is 2. The van der Waals surface area contributed by atoms with Crippen LogP contribution < -0.4 is 21.3 Å². The molecule has 0 aliphatic heterocycles. The third-order valence-electron chi connectivity index (χ3n) is 5.22. The van der Waals surface area contributed by atoms with Gasteiger partial charge in [0.1, 0.15) is 6.04 Å². The van der Waals surface area contributed by atoms with Gasteiger partial charge in [0.2, 0.25) is 11.8 Å². The minimum absolute atomic E-state index is 0.0831. The molecule has 0 heterocycles. The van der Waals surface area contributed by atoms with E-state index in [4.69, 9.17) is 0 Å². The number of rotatable bonds is 9. The van der Waals surface area contributed by atoms with E-state index in [9.17, 15) is 14.4 Å². The molecule has 1 fully saturated rings. The highest BCUT2D eigenvalue weighted by Gasteiger charge is 2.24. The monoisotopic (exact) mass is 442 g/mol. The molecule has 3 amide bonds. The molecule has 168 valence electrons. The van der Waals surface area contributed by atoms with E-state index in [2.05, 4.69) is 21.3 Å². The van der Waals surface area contributed by atoms with Crippen molar-refractivity contribution in [2.75, 3.05) is 17.2 Å². The Hall–Kier alpha value is -3.97. The lowest BCUT2D eigenvalue weighted by atomic mass is 10.1. The first-order valence-electron chi connectivity index (χ1n) is 10.9. The number of hydrogen-bond donors (Lipinski definition) is 4. The Balaban J connectivity index is 1.38. The van der Waals surface area contributed by atoms with E-state index >= 15 is 0 Å². The van der Waals surface area contributed by atoms with Crippen molar-refractivity contribution in [3.63, 3.8) is 0 Å². The maximum absolute atomic E-state index is 12.9. The molecular formula is C26H26N4O3. The average Bonchev–Trinajstić information content (AvgIpc) is 3.65. The highest BCUT2D eigenvalue weighted by atomic mass is 16.2. The van der Waals surface area contributed by atoms with Crippen molar-refractivity contribution in [3.05, 3.63) is 96.1 Å². The number of carbonyl (C=O) groups is 3. The zero-order chi connectivity index (χ0) is 23.0. The molecule has 0 bridgehead atoms. The Bertz CT molecular complexity index is 1110. The van der Waals surface area contributed by atoms with Gasteiger partial charge >= 0.3 is 0 Å². The van der Waals surface area contributed by atoms with E-state index < -0.39 is 6.04 Å². The van der Waals surface area contributed by atoms with Gasteiger partial charge in [-0.25, -0.2) is 0 Å². The number of hydrogen-bond acceptors (Lipinski definition) is 4. The molecular weight excluding hydrogens is 416 g/mol. The Morgan fingerprint density at radius 1 is 0.788 bits per heavy atom. The second kappa shape index (κ2) is 10.6. The van der Waals surface area contributed by atoms with Crippen LogP contribution in [0.3, 0.4) is 0 Å². The lowest BCUT2D eigenvalue weighted by Crippen LogP contribution is -2.37. The molecule has 1 aliphatic rings. The van der Waals surface area contributed by atoms with Gasteiger partial charge < -0.3 is 16.0 Å². The molecule has 33 heavy (non-hydrogen) atoms. The van der Waals surface area contributed by atoms with Crippen LogP contribution in [0.2, 0.25) is 0 Å². The topological polar surface area (TPSA) is 99.3 Å². The van der Waals surface area contributed by atoms with Crippen molar-refractivity contribution in [1.82, 2.24) is 10.6 Å². The van der Waals surface area contributed by atoms with E-state index in [0.717, 1.165) is 18.4 Å². The molecule has 0 spiro atoms. The molecule has 1 unspecified atom stereocenters. The minimum Gasteiger partial charge on any atom is -0.349 e. The summed E-state index contributed by atoms with van der Waals surface area (Å²) in [6, 6.07) is 24.7. The van der Waals surface area contributed by atoms with Crippen LogP contribution in [0.15, 0.2) is 84.9 Å². The molecule has 0 aromatic heterocycles. The molecule has 7 nitrogen and oxygen atoms in total. The highest BCUT2D eigenvalue weighted by molar-refractivity contribution is 5.99. The van der Waals surface area contributed by atoms with Gasteiger partial charge in [-0.15, -0.1) is 0 Å². The van der Waals surface area contributed by atoms with Crippen LogP contribution in [0.4, 0.5) is 11.4 Å². The summed E-state index contributed by atoms with van der Waals surface area (Å²) in [5.74, 6) is -0.726. The number of para-hydroxylation sites is 1. The van der Waals surface area contributed by atoms with Crippen LogP contribution in [0.1, 0.15) is 34.8 Å². The Morgan fingerprint density at radius 3 is 2.15 bits per heavy atom. The fourth-order valence-electron chi connectivity index (χ4n) is 3.38. The summed E-state index contributed by atoms with van der Waals surface area (Å²) in [4.78, 5) is 37.8. The molecule has 4 N–H and O–H groups in total. The van der Waals surface area contributed by atoms with Crippen molar-refractivity contribution < 1.29 is 14.4 Å². The van der Waals surface area contributed by atoms with E-state index in [1.165, 1.54) is 0 Å². The molecule has 0 radical (unpaired) electrons. The van der Waals surface area contributed by atoms with Gasteiger partial charge in [0.05, 0.1) is 6.54 Å². The lowest BCUT2D eigenvalue weighted by molar-refractivity contribution is -0.119. The lowest BCUT2D eigenvalue weighted by Gasteiger charge is -2.19. The molecule has 3 aromatic rings. The van der Waals surface area contributed by atoms with Crippen LogP contribution in [0.5, 0.6) is 0 Å².